The Morgan fingerprint density at radius 3 is 2.71 bits per heavy atom. The van der Waals surface area contributed by atoms with Crippen LogP contribution in [0.5, 0.6) is 0 Å². The number of hydrogen-bond acceptors (Lipinski definition) is 4. The number of anilines is 1. The molecule has 0 spiro atoms. The molecular weight excluding hydrogens is 388 g/mol. The Hall–Kier alpha value is -2.83. The number of amides is 1. The van der Waals surface area contributed by atoms with E-state index in [2.05, 4.69) is 28.5 Å². The van der Waals surface area contributed by atoms with Crippen LogP contribution < -0.4 is 5.32 Å². The smallest absolute Gasteiger partial charge is 0.257 e. The predicted molar refractivity (Wildman–Crippen MR) is 117 cm³/mol. The minimum Gasteiger partial charge on any atom is -0.298 e. The summed E-state index contributed by atoms with van der Waals surface area (Å²) in [6, 6.07) is 21.5. The molecule has 1 heterocycles. The number of nitrogens with one attached hydrogen (secondary N) is 1. The lowest BCUT2D eigenvalue weighted by Gasteiger charge is -2.05. The molecule has 0 saturated heterocycles. The topological polar surface area (TPSA) is 59.1 Å². The molecule has 4 rings (SSSR count). The first-order chi connectivity index (χ1) is 13.6. The average Bonchev–Trinajstić information content (AvgIpc) is 3.15. The number of nitrogens with zero attached hydrogens (tertiary/aromatic N) is 1. The fourth-order valence-electron chi connectivity index (χ4n) is 3.11. The van der Waals surface area contributed by atoms with Gasteiger partial charge in [-0.05, 0) is 28.5 Å². The van der Waals surface area contributed by atoms with E-state index in [1.54, 1.807) is 24.5 Å². The van der Waals surface area contributed by atoms with Crippen LogP contribution in [0, 0.1) is 0 Å². The number of aromatic nitrogens is 1. The van der Waals surface area contributed by atoms with Crippen molar-refractivity contribution in [2.45, 2.75) is 5.75 Å². The molecule has 3 aromatic carbocycles. The van der Waals surface area contributed by atoms with Crippen LogP contribution in [0.15, 0.2) is 72.1 Å². The number of rotatable bonds is 5. The second-order valence-electron chi connectivity index (χ2n) is 6.44. The SMILES string of the molecule is CS(=O)Cc1cccc(C(=O)Nc2nc(-c3cccc4ccccc34)cs2)c1. The number of benzene rings is 3. The van der Waals surface area contributed by atoms with Crippen molar-refractivity contribution in [2.24, 2.45) is 0 Å². The Morgan fingerprint density at radius 1 is 1.07 bits per heavy atom. The highest BCUT2D eigenvalue weighted by molar-refractivity contribution is 7.83. The van der Waals surface area contributed by atoms with Gasteiger partial charge in [-0.1, -0.05) is 54.6 Å². The molecule has 28 heavy (non-hydrogen) atoms. The summed E-state index contributed by atoms with van der Waals surface area (Å²) in [4.78, 5) is 17.2. The molecule has 1 atom stereocenters. The molecule has 4 nitrogen and oxygen atoms in total. The van der Waals surface area contributed by atoms with Gasteiger partial charge in [-0.15, -0.1) is 11.3 Å². The molecule has 0 saturated carbocycles. The number of fused-ring (bicyclic) bond motifs is 1. The molecule has 0 aliphatic rings. The summed E-state index contributed by atoms with van der Waals surface area (Å²) < 4.78 is 11.4. The Balaban J connectivity index is 1.57. The molecule has 4 aromatic rings. The summed E-state index contributed by atoms with van der Waals surface area (Å²) in [5, 5.41) is 7.66. The standard InChI is InChI=1S/C22H18N2O2S2/c1-28(26)14-15-6-4-9-17(12-15)21(25)24-22-23-20(13-27-22)19-11-5-8-16-7-2-3-10-18(16)19/h2-13H,14H2,1H3,(H,23,24,25). The van der Waals surface area contributed by atoms with E-state index in [1.165, 1.54) is 11.3 Å². The van der Waals surface area contributed by atoms with Crippen LogP contribution in [-0.2, 0) is 16.6 Å². The molecule has 1 N–H and O–H groups in total. The maximum Gasteiger partial charge on any atom is 0.257 e. The Bertz CT molecular complexity index is 1180. The van der Waals surface area contributed by atoms with E-state index in [-0.39, 0.29) is 5.91 Å². The highest BCUT2D eigenvalue weighted by atomic mass is 32.2. The molecule has 1 aromatic heterocycles. The van der Waals surface area contributed by atoms with Crippen molar-refractivity contribution in [3.8, 4) is 11.3 Å². The van der Waals surface area contributed by atoms with E-state index >= 15 is 0 Å². The monoisotopic (exact) mass is 406 g/mol. The van der Waals surface area contributed by atoms with Crippen LogP contribution in [0.2, 0.25) is 0 Å². The maximum absolute atomic E-state index is 12.6. The van der Waals surface area contributed by atoms with Crippen molar-refractivity contribution < 1.29 is 9.00 Å². The fourth-order valence-corrected chi connectivity index (χ4v) is 4.46. The van der Waals surface area contributed by atoms with Crippen LogP contribution in [0.1, 0.15) is 15.9 Å². The summed E-state index contributed by atoms with van der Waals surface area (Å²) >= 11 is 1.40. The highest BCUT2D eigenvalue weighted by Gasteiger charge is 2.12. The van der Waals surface area contributed by atoms with Crippen molar-refractivity contribution in [2.75, 3.05) is 11.6 Å². The Labute approximate surface area is 169 Å². The normalized spacial score (nSPS) is 12.0. The maximum atomic E-state index is 12.6. The zero-order chi connectivity index (χ0) is 19.5. The molecular formula is C22H18N2O2S2. The van der Waals surface area contributed by atoms with Gasteiger partial charge in [0.1, 0.15) is 0 Å². The van der Waals surface area contributed by atoms with Gasteiger partial charge < -0.3 is 0 Å². The number of carbonyl (C=O) groups is 1. The van der Waals surface area contributed by atoms with Crippen LogP contribution >= 0.6 is 11.3 Å². The van der Waals surface area contributed by atoms with E-state index in [1.807, 2.05) is 35.7 Å². The van der Waals surface area contributed by atoms with Gasteiger partial charge in [0.05, 0.1) is 5.69 Å². The van der Waals surface area contributed by atoms with E-state index < -0.39 is 10.8 Å². The molecule has 0 radical (unpaired) electrons. The van der Waals surface area contributed by atoms with Crippen molar-refractivity contribution in [1.29, 1.82) is 0 Å². The predicted octanol–water partition coefficient (Wildman–Crippen LogP) is 5.09. The molecule has 6 heteroatoms. The van der Waals surface area contributed by atoms with Gasteiger partial charge in [-0.2, -0.15) is 0 Å². The van der Waals surface area contributed by atoms with Crippen molar-refractivity contribution in [3.63, 3.8) is 0 Å². The van der Waals surface area contributed by atoms with Crippen LogP contribution in [0.3, 0.4) is 0 Å². The first-order valence-electron chi connectivity index (χ1n) is 8.74. The van der Waals surface area contributed by atoms with Gasteiger partial charge in [0.25, 0.3) is 5.91 Å². The summed E-state index contributed by atoms with van der Waals surface area (Å²) in [5.74, 6) is 0.214. The lowest BCUT2D eigenvalue weighted by atomic mass is 10.0. The van der Waals surface area contributed by atoms with Gasteiger partial charge in [0, 0.05) is 39.3 Å². The van der Waals surface area contributed by atoms with Gasteiger partial charge >= 0.3 is 0 Å². The highest BCUT2D eigenvalue weighted by Crippen LogP contribution is 2.31. The van der Waals surface area contributed by atoms with E-state index in [0.29, 0.717) is 16.4 Å². The van der Waals surface area contributed by atoms with Gasteiger partial charge in [-0.25, -0.2) is 4.98 Å². The Kier molecular flexibility index (Phi) is 5.32. The minimum absolute atomic E-state index is 0.220. The molecule has 140 valence electrons. The molecule has 0 bridgehead atoms. The average molecular weight is 407 g/mol. The van der Waals surface area contributed by atoms with Gasteiger partial charge in [0.2, 0.25) is 0 Å². The molecule has 1 amide bonds. The van der Waals surface area contributed by atoms with E-state index in [0.717, 1.165) is 27.6 Å². The molecule has 0 aliphatic heterocycles. The van der Waals surface area contributed by atoms with E-state index in [4.69, 9.17) is 0 Å². The number of thiazole rings is 1. The van der Waals surface area contributed by atoms with Crippen molar-refractivity contribution in [3.05, 3.63) is 83.2 Å². The van der Waals surface area contributed by atoms with E-state index in [9.17, 15) is 9.00 Å². The largest absolute Gasteiger partial charge is 0.298 e. The summed E-state index contributed by atoms with van der Waals surface area (Å²) in [5.41, 5.74) is 3.29. The molecule has 0 fully saturated rings. The van der Waals surface area contributed by atoms with Gasteiger partial charge in [-0.3, -0.25) is 14.3 Å². The number of carbonyl (C=O) groups excluding carboxylic acids is 1. The third-order valence-corrected chi connectivity index (χ3v) is 5.85. The first-order valence-corrected chi connectivity index (χ1v) is 11.3. The second kappa shape index (κ2) is 8.04. The van der Waals surface area contributed by atoms with Crippen molar-refractivity contribution in [1.82, 2.24) is 4.98 Å². The fraction of sp³-hybridized carbons (Fsp3) is 0.0909. The first kappa shape index (κ1) is 18.5. The Morgan fingerprint density at radius 2 is 1.86 bits per heavy atom. The molecule has 0 aliphatic carbocycles. The number of hydrogen-bond donors (Lipinski definition) is 1. The quantitative estimate of drug-likeness (QED) is 0.502. The zero-order valence-electron chi connectivity index (χ0n) is 15.2. The lowest BCUT2D eigenvalue weighted by Crippen LogP contribution is -2.12. The zero-order valence-corrected chi connectivity index (χ0v) is 16.8. The minimum atomic E-state index is -0.948. The summed E-state index contributed by atoms with van der Waals surface area (Å²) in [6.07, 6.45) is 1.65. The van der Waals surface area contributed by atoms with Crippen LogP contribution in [0.25, 0.3) is 22.0 Å². The summed E-state index contributed by atoms with van der Waals surface area (Å²) in [6.45, 7) is 0. The van der Waals surface area contributed by atoms with Crippen molar-refractivity contribution >= 4 is 43.9 Å². The summed E-state index contributed by atoms with van der Waals surface area (Å²) in [7, 11) is -0.948. The third kappa shape index (κ3) is 4.03. The lowest BCUT2D eigenvalue weighted by molar-refractivity contribution is 0.102. The second-order valence-corrected chi connectivity index (χ2v) is 8.73. The molecule has 1 unspecified atom stereocenters. The van der Waals surface area contributed by atoms with Gasteiger partial charge in [0.15, 0.2) is 5.13 Å². The van der Waals surface area contributed by atoms with Crippen LogP contribution in [-0.4, -0.2) is 21.4 Å². The third-order valence-electron chi connectivity index (χ3n) is 4.35. The van der Waals surface area contributed by atoms with Crippen LogP contribution in [0.4, 0.5) is 5.13 Å².